The average Bonchev–Trinajstić information content (AvgIpc) is 2.16. The topological polar surface area (TPSA) is 52.9 Å². The Bertz CT molecular complexity index is 404. The van der Waals surface area contributed by atoms with Crippen LogP contribution in [0.2, 0.25) is 0 Å². The van der Waals surface area contributed by atoms with Crippen LogP contribution in [0.5, 0.6) is 0 Å². The first-order chi connectivity index (χ1) is 6.31. The molecule has 2 rings (SSSR count). The predicted molar refractivity (Wildman–Crippen MR) is 46.7 cm³/mol. The first-order valence-electron chi connectivity index (χ1n) is 4.09. The lowest BCUT2D eigenvalue weighted by Crippen LogP contribution is -2.30. The molecule has 0 radical (unpaired) electrons. The van der Waals surface area contributed by atoms with Crippen molar-refractivity contribution in [2.45, 2.75) is 13.0 Å². The van der Waals surface area contributed by atoms with E-state index < -0.39 is 0 Å². The Balaban J connectivity index is 2.53. The maximum Gasteiger partial charge on any atom is 0.224 e. The normalized spacial score (nSPS) is 14.2. The minimum absolute atomic E-state index is 0.0302. The molecular weight excluding hydrogens is 164 g/mol. The predicted octanol–water partition coefficient (Wildman–Crippen LogP) is 0.731. The van der Waals surface area contributed by atoms with Gasteiger partial charge in [0.2, 0.25) is 5.91 Å². The number of nitrogens with zero attached hydrogens (tertiary/aromatic N) is 1. The molecule has 0 aromatic heterocycles. The molecule has 1 aliphatic heterocycles. The first kappa shape index (κ1) is 7.81. The highest BCUT2D eigenvalue weighted by Gasteiger charge is 2.16. The van der Waals surface area contributed by atoms with Crippen LogP contribution in [0, 0.1) is 11.3 Å². The SMILES string of the molecule is N#Cc1cccc2c1CNC(=O)C2. The molecule has 0 saturated carbocycles. The lowest BCUT2D eigenvalue weighted by atomic mass is 9.96. The standard InChI is InChI=1S/C10H8N2O/c11-5-8-3-1-2-7-4-10(13)12-6-9(7)8/h1-3H,4,6H2,(H,12,13). The summed E-state index contributed by atoms with van der Waals surface area (Å²) in [4.78, 5) is 11.0. The van der Waals surface area contributed by atoms with Gasteiger partial charge in [0.1, 0.15) is 0 Å². The third-order valence-corrected chi connectivity index (χ3v) is 2.21. The van der Waals surface area contributed by atoms with Gasteiger partial charge in [-0.25, -0.2) is 0 Å². The second-order valence-electron chi connectivity index (χ2n) is 3.01. The quantitative estimate of drug-likeness (QED) is 0.627. The first-order valence-corrected chi connectivity index (χ1v) is 4.09. The van der Waals surface area contributed by atoms with E-state index in [0.29, 0.717) is 18.5 Å². The molecule has 0 spiro atoms. The molecule has 64 valence electrons. The zero-order valence-corrected chi connectivity index (χ0v) is 7.00. The lowest BCUT2D eigenvalue weighted by Gasteiger charge is -2.17. The number of nitriles is 1. The van der Waals surface area contributed by atoms with Crippen LogP contribution in [-0.4, -0.2) is 5.91 Å². The highest BCUT2D eigenvalue weighted by Crippen LogP contribution is 2.17. The maximum absolute atomic E-state index is 11.0. The molecule has 0 unspecified atom stereocenters. The Morgan fingerprint density at radius 1 is 1.46 bits per heavy atom. The number of nitrogens with one attached hydrogen (secondary N) is 1. The number of rotatable bonds is 0. The van der Waals surface area contributed by atoms with Crippen molar-refractivity contribution in [2.24, 2.45) is 0 Å². The van der Waals surface area contributed by atoms with E-state index in [1.165, 1.54) is 0 Å². The van der Waals surface area contributed by atoms with E-state index in [9.17, 15) is 4.79 Å². The smallest absolute Gasteiger partial charge is 0.224 e. The van der Waals surface area contributed by atoms with Crippen LogP contribution in [0.4, 0.5) is 0 Å². The summed E-state index contributed by atoms with van der Waals surface area (Å²) in [6, 6.07) is 7.61. The monoisotopic (exact) mass is 172 g/mol. The number of carbonyl (C=O) groups is 1. The van der Waals surface area contributed by atoms with Crippen LogP contribution in [0.25, 0.3) is 0 Å². The largest absolute Gasteiger partial charge is 0.352 e. The van der Waals surface area contributed by atoms with E-state index in [1.54, 1.807) is 6.07 Å². The van der Waals surface area contributed by atoms with Crippen LogP contribution in [-0.2, 0) is 17.8 Å². The molecule has 0 bridgehead atoms. The van der Waals surface area contributed by atoms with Gasteiger partial charge in [0.25, 0.3) is 0 Å². The van der Waals surface area contributed by atoms with Crippen molar-refractivity contribution in [3.8, 4) is 6.07 Å². The second-order valence-corrected chi connectivity index (χ2v) is 3.01. The molecule has 1 N–H and O–H groups in total. The molecule has 1 amide bonds. The number of hydrogen-bond acceptors (Lipinski definition) is 2. The Kier molecular flexibility index (Phi) is 1.75. The van der Waals surface area contributed by atoms with E-state index in [4.69, 9.17) is 5.26 Å². The van der Waals surface area contributed by atoms with Crippen molar-refractivity contribution in [2.75, 3.05) is 0 Å². The number of amides is 1. The summed E-state index contributed by atoms with van der Waals surface area (Å²) >= 11 is 0. The maximum atomic E-state index is 11.0. The third kappa shape index (κ3) is 1.27. The molecule has 0 fully saturated rings. The van der Waals surface area contributed by atoms with Crippen LogP contribution in [0.3, 0.4) is 0 Å². The summed E-state index contributed by atoms with van der Waals surface area (Å²) in [5.74, 6) is 0.0302. The van der Waals surface area contributed by atoms with E-state index in [1.807, 2.05) is 12.1 Å². The third-order valence-electron chi connectivity index (χ3n) is 2.21. The molecule has 1 heterocycles. The zero-order valence-electron chi connectivity index (χ0n) is 7.00. The minimum Gasteiger partial charge on any atom is -0.352 e. The van der Waals surface area contributed by atoms with Gasteiger partial charge in [0.15, 0.2) is 0 Å². The van der Waals surface area contributed by atoms with Crippen LogP contribution in [0.1, 0.15) is 16.7 Å². The Morgan fingerprint density at radius 3 is 3.08 bits per heavy atom. The molecule has 0 aliphatic carbocycles. The number of hydrogen-bond donors (Lipinski definition) is 1. The van der Waals surface area contributed by atoms with E-state index in [0.717, 1.165) is 11.1 Å². The Hall–Kier alpha value is -1.82. The van der Waals surface area contributed by atoms with E-state index >= 15 is 0 Å². The summed E-state index contributed by atoms with van der Waals surface area (Å²) in [7, 11) is 0. The van der Waals surface area contributed by atoms with Gasteiger partial charge in [-0.1, -0.05) is 12.1 Å². The fourth-order valence-corrected chi connectivity index (χ4v) is 1.54. The summed E-state index contributed by atoms with van der Waals surface area (Å²) in [6.07, 6.45) is 0.394. The van der Waals surface area contributed by atoms with Crippen LogP contribution >= 0.6 is 0 Å². The number of carbonyl (C=O) groups excluding carboxylic acids is 1. The van der Waals surface area contributed by atoms with Gasteiger partial charge in [-0.15, -0.1) is 0 Å². The van der Waals surface area contributed by atoms with Crippen molar-refractivity contribution in [1.82, 2.24) is 5.32 Å². The lowest BCUT2D eigenvalue weighted by molar-refractivity contribution is -0.121. The van der Waals surface area contributed by atoms with Gasteiger partial charge in [-0.2, -0.15) is 5.26 Å². The van der Waals surface area contributed by atoms with Gasteiger partial charge in [-0.05, 0) is 17.2 Å². The van der Waals surface area contributed by atoms with Crippen LogP contribution in [0.15, 0.2) is 18.2 Å². The molecule has 13 heavy (non-hydrogen) atoms. The van der Waals surface area contributed by atoms with Crippen molar-refractivity contribution < 1.29 is 4.79 Å². The molecule has 1 aromatic carbocycles. The number of benzene rings is 1. The molecule has 0 saturated heterocycles. The summed E-state index contributed by atoms with van der Waals surface area (Å²) < 4.78 is 0. The fourth-order valence-electron chi connectivity index (χ4n) is 1.54. The molecule has 0 atom stereocenters. The number of fused-ring (bicyclic) bond motifs is 1. The fraction of sp³-hybridized carbons (Fsp3) is 0.200. The van der Waals surface area contributed by atoms with E-state index in [-0.39, 0.29) is 5.91 Å². The van der Waals surface area contributed by atoms with Gasteiger partial charge < -0.3 is 5.32 Å². The van der Waals surface area contributed by atoms with E-state index in [2.05, 4.69) is 11.4 Å². The van der Waals surface area contributed by atoms with Gasteiger partial charge in [0.05, 0.1) is 18.1 Å². The average molecular weight is 172 g/mol. The summed E-state index contributed by atoms with van der Waals surface area (Å²) in [6.45, 7) is 0.484. The molecule has 1 aromatic rings. The van der Waals surface area contributed by atoms with Gasteiger partial charge in [-0.3, -0.25) is 4.79 Å². The van der Waals surface area contributed by atoms with Crippen LogP contribution < -0.4 is 5.32 Å². The molecule has 1 aliphatic rings. The van der Waals surface area contributed by atoms with Crippen molar-refractivity contribution in [1.29, 1.82) is 5.26 Å². The highest BCUT2D eigenvalue weighted by atomic mass is 16.1. The highest BCUT2D eigenvalue weighted by molar-refractivity contribution is 5.81. The summed E-state index contributed by atoms with van der Waals surface area (Å²) in [5, 5.41) is 11.5. The van der Waals surface area contributed by atoms with Crippen molar-refractivity contribution in [3.05, 3.63) is 34.9 Å². The second kappa shape index (κ2) is 2.91. The Morgan fingerprint density at radius 2 is 2.31 bits per heavy atom. The van der Waals surface area contributed by atoms with Gasteiger partial charge >= 0.3 is 0 Å². The van der Waals surface area contributed by atoms with Gasteiger partial charge in [0, 0.05) is 6.54 Å². The summed E-state index contributed by atoms with van der Waals surface area (Å²) in [5.41, 5.74) is 2.60. The van der Waals surface area contributed by atoms with Crippen molar-refractivity contribution in [3.63, 3.8) is 0 Å². The van der Waals surface area contributed by atoms with Crippen molar-refractivity contribution >= 4 is 5.91 Å². The molecular formula is C10H8N2O. The zero-order chi connectivity index (χ0) is 9.26. The molecule has 3 nitrogen and oxygen atoms in total. The minimum atomic E-state index is 0.0302. The Labute approximate surface area is 76.0 Å². The molecule has 3 heteroatoms.